The number of piperidine rings is 1. The van der Waals surface area contributed by atoms with E-state index in [0.29, 0.717) is 25.9 Å². The van der Waals surface area contributed by atoms with Crippen molar-refractivity contribution in [3.05, 3.63) is 29.8 Å². The zero-order chi connectivity index (χ0) is 15.9. The summed E-state index contributed by atoms with van der Waals surface area (Å²) < 4.78 is 23.9. The highest BCUT2D eigenvalue weighted by Gasteiger charge is 2.37. The third-order valence-corrected chi connectivity index (χ3v) is 5.69. The fraction of sp³-hybridized carbons (Fsp3) is 0.533. The Morgan fingerprint density at radius 3 is 2.50 bits per heavy atom. The van der Waals surface area contributed by atoms with Crippen LogP contribution in [0.25, 0.3) is 0 Å². The van der Waals surface area contributed by atoms with Gasteiger partial charge in [0.25, 0.3) is 10.2 Å². The van der Waals surface area contributed by atoms with Gasteiger partial charge in [-0.25, -0.2) is 5.14 Å². The molecule has 6 nitrogen and oxygen atoms in total. The maximum atomic E-state index is 12.9. The monoisotopic (exact) mass is 323 g/mol. The summed E-state index contributed by atoms with van der Waals surface area (Å²) in [7, 11) is -3.65. The summed E-state index contributed by atoms with van der Waals surface area (Å²) in [5.41, 5.74) is 2.19. The van der Waals surface area contributed by atoms with Crippen molar-refractivity contribution in [1.29, 1.82) is 0 Å². The van der Waals surface area contributed by atoms with E-state index in [0.717, 1.165) is 12.1 Å². The molecular formula is C15H21N3O3S. The SMILES string of the molecule is CC1Cc2ccccc2N1C(=O)C1CCN(S(N)(=O)=O)CC1. The summed E-state index contributed by atoms with van der Waals surface area (Å²) in [6.07, 6.45) is 1.93. The molecule has 0 aliphatic carbocycles. The molecule has 1 amide bonds. The molecule has 1 aromatic carbocycles. The summed E-state index contributed by atoms with van der Waals surface area (Å²) in [6, 6.07) is 8.13. The summed E-state index contributed by atoms with van der Waals surface area (Å²) in [6.45, 7) is 2.69. The molecule has 2 aliphatic heterocycles. The second kappa shape index (κ2) is 5.64. The second-order valence-corrected chi connectivity index (χ2v) is 7.65. The lowest BCUT2D eigenvalue weighted by atomic mass is 9.96. The fourth-order valence-corrected chi connectivity index (χ4v) is 4.18. The molecular weight excluding hydrogens is 302 g/mol. The Bertz CT molecular complexity index is 681. The molecule has 0 radical (unpaired) electrons. The van der Waals surface area contributed by atoms with E-state index in [4.69, 9.17) is 5.14 Å². The van der Waals surface area contributed by atoms with Crippen molar-refractivity contribution < 1.29 is 13.2 Å². The first kappa shape index (κ1) is 15.5. The van der Waals surface area contributed by atoms with Gasteiger partial charge >= 0.3 is 0 Å². The van der Waals surface area contributed by atoms with Crippen molar-refractivity contribution in [2.45, 2.75) is 32.2 Å². The van der Waals surface area contributed by atoms with E-state index in [1.165, 1.54) is 9.87 Å². The number of anilines is 1. The Morgan fingerprint density at radius 1 is 1.23 bits per heavy atom. The molecule has 0 spiro atoms. The molecule has 2 heterocycles. The zero-order valence-corrected chi connectivity index (χ0v) is 13.4. The quantitative estimate of drug-likeness (QED) is 0.877. The average Bonchev–Trinajstić information content (AvgIpc) is 2.81. The minimum atomic E-state index is -3.65. The van der Waals surface area contributed by atoms with E-state index in [-0.39, 0.29) is 17.9 Å². The van der Waals surface area contributed by atoms with Crippen molar-refractivity contribution in [2.75, 3.05) is 18.0 Å². The molecule has 0 bridgehead atoms. The van der Waals surface area contributed by atoms with E-state index in [2.05, 4.69) is 13.0 Å². The smallest absolute Gasteiger partial charge is 0.276 e. The lowest BCUT2D eigenvalue weighted by molar-refractivity contribution is -0.123. The van der Waals surface area contributed by atoms with Gasteiger partial charge in [-0.3, -0.25) is 4.79 Å². The number of carbonyl (C=O) groups is 1. The van der Waals surface area contributed by atoms with Crippen molar-refractivity contribution in [1.82, 2.24) is 4.31 Å². The number of hydrogen-bond donors (Lipinski definition) is 1. The molecule has 0 aromatic heterocycles. The second-order valence-electron chi connectivity index (χ2n) is 6.11. The lowest BCUT2D eigenvalue weighted by Gasteiger charge is -2.33. The van der Waals surface area contributed by atoms with E-state index in [1.807, 2.05) is 23.1 Å². The fourth-order valence-electron chi connectivity index (χ4n) is 3.46. The Morgan fingerprint density at radius 2 is 1.86 bits per heavy atom. The van der Waals surface area contributed by atoms with Gasteiger partial charge in [0.2, 0.25) is 5.91 Å². The molecule has 22 heavy (non-hydrogen) atoms. The van der Waals surface area contributed by atoms with Crippen molar-refractivity contribution in [3.63, 3.8) is 0 Å². The van der Waals surface area contributed by atoms with Crippen LogP contribution in [0.5, 0.6) is 0 Å². The van der Waals surface area contributed by atoms with Crippen LogP contribution in [-0.4, -0.2) is 37.8 Å². The van der Waals surface area contributed by atoms with Crippen molar-refractivity contribution in [2.24, 2.45) is 11.1 Å². The van der Waals surface area contributed by atoms with Crippen molar-refractivity contribution in [3.8, 4) is 0 Å². The largest absolute Gasteiger partial charge is 0.309 e. The highest BCUT2D eigenvalue weighted by atomic mass is 32.2. The Labute approximate surface area is 131 Å². The predicted octanol–water partition coefficient (Wildman–Crippen LogP) is 0.880. The summed E-state index contributed by atoms with van der Waals surface area (Å²) in [4.78, 5) is 14.7. The topological polar surface area (TPSA) is 83.7 Å². The normalized spacial score (nSPS) is 23.5. The molecule has 1 fully saturated rings. The van der Waals surface area contributed by atoms with Crippen LogP contribution < -0.4 is 10.0 Å². The van der Waals surface area contributed by atoms with Gasteiger partial charge in [0.05, 0.1) is 0 Å². The van der Waals surface area contributed by atoms with E-state index in [9.17, 15) is 13.2 Å². The highest BCUT2D eigenvalue weighted by molar-refractivity contribution is 7.86. The third kappa shape index (κ3) is 2.76. The van der Waals surface area contributed by atoms with Gasteiger partial charge in [0.15, 0.2) is 0 Å². The van der Waals surface area contributed by atoms with E-state index < -0.39 is 10.2 Å². The Kier molecular flexibility index (Phi) is 3.96. The Hall–Kier alpha value is -1.44. The van der Waals surface area contributed by atoms with Gasteiger partial charge in [0.1, 0.15) is 0 Å². The summed E-state index contributed by atoms with van der Waals surface area (Å²) in [5, 5.41) is 5.14. The van der Waals surface area contributed by atoms with Gasteiger partial charge in [-0.05, 0) is 37.8 Å². The molecule has 1 atom stereocenters. The number of nitrogens with two attached hydrogens (primary N) is 1. The molecule has 1 saturated heterocycles. The first-order valence-electron chi connectivity index (χ1n) is 7.57. The van der Waals surface area contributed by atoms with Crippen LogP contribution in [0.3, 0.4) is 0 Å². The molecule has 1 unspecified atom stereocenters. The molecule has 1 aromatic rings. The molecule has 2 aliphatic rings. The maximum Gasteiger partial charge on any atom is 0.276 e. The molecule has 2 N–H and O–H groups in total. The molecule has 120 valence electrons. The van der Waals surface area contributed by atoms with Gasteiger partial charge in [-0.2, -0.15) is 12.7 Å². The van der Waals surface area contributed by atoms with Crippen LogP contribution in [0.2, 0.25) is 0 Å². The number of carbonyl (C=O) groups excluding carboxylic acids is 1. The van der Waals surface area contributed by atoms with Gasteiger partial charge in [-0.1, -0.05) is 18.2 Å². The van der Waals surface area contributed by atoms with Gasteiger partial charge in [-0.15, -0.1) is 0 Å². The van der Waals surface area contributed by atoms with Crippen molar-refractivity contribution >= 4 is 21.8 Å². The number of hydrogen-bond acceptors (Lipinski definition) is 3. The number of nitrogens with zero attached hydrogens (tertiary/aromatic N) is 2. The zero-order valence-electron chi connectivity index (χ0n) is 12.6. The maximum absolute atomic E-state index is 12.9. The first-order chi connectivity index (χ1) is 10.4. The number of benzene rings is 1. The van der Waals surface area contributed by atoms with Gasteiger partial charge < -0.3 is 4.90 Å². The average molecular weight is 323 g/mol. The van der Waals surface area contributed by atoms with Crippen LogP contribution in [0, 0.1) is 5.92 Å². The van der Waals surface area contributed by atoms with Crippen LogP contribution in [0.1, 0.15) is 25.3 Å². The van der Waals surface area contributed by atoms with E-state index >= 15 is 0 Å². The molecule has 7 heteroatoms. The standard InChI is InChI=1S/C15H21N3O3S/c1-11-10-13-4-2-3-5-14(13)18(11)15(19)12-6-8-17(9-7-12)22(16,20)21/h2-5,11-12H,6-10H2,1H3,(H2,16,20,21). The van der Waals surface area contributed by atoms with Gasteiger partial charge in [0, 0.05) is 30.7 Å². The minimum Gasteiger partial charge on any atom is -0.309 e. The lowest BCUT2D eigenvalue weighted by Crippen LogP contribution is -2.47. The number of para-hydroxylation sites is 1. The van der Waals surface area contributed by atoms with Crippen LogP contribution in [0.4, 0.5) is 5.69 Å². The van der Waals surface area contributed by atoms with Crippen LogP contribution >= 0.6 is 0 Å². The van der Waals surface area contributed by atoms with E-state index in [1.54, 1.807) is 0 Å². The number of amides is 1. The molecule has 3 rings (SSSR count). The highest BCUT2D eigenvalue weighted by Crippen LogP contribution is 2.34. The third-order valence-electron chi connectivity index (χ3n) is 4.61. The Balaban J connectivity index is 1.73. The summed E-state index contributed by atoms with van der Waals surface area (Å²) in [5.74, 6) is -0.0295. The first-order valence-corrected chi connectivity index (χ1v) is 9.07. The van der Waals surface area contributed by atoms with Crippen LogP contribution in [-0.2, 0) is 21.4 Å². The number of rotatable bonds is 2. The number of fused-ring (bicyclic) bond motifs is 1. The summed E-state index contributed by atoms with van der Waals surface area (Å²) >= 11 is 0. The minimum absolute atomic E-state index is 0.103. The van der Waals surface area contributed by atoms with Crippen LogP contribution in [0.15, 0.2) is 24.3 Å². The molecule has 0 saturated carbocycles. The predicted molar refractivity (Wildman–Crippen MR) is 84.5 cm³/mol.